The number of aliphatic hydroxyl groups excluding tert-OH is 1. The lowest BCUT2D eigenvalue weighted by atomic mass is 9.93. The number of aliphatic hydroxyl groups is 1. The van der Waals surface area contributed by atoms with Crippen molar-refractivity contribution in [1.82, 2.24) is 5.32 Å². The molecule has 22 heavy (non-hydrogen) atoms. The van der Waals surface area contributed by atoms with E-state index in [1.807, 2.05) is 18.2 Å². The summed E-state index contributed by atoms with van der Waals surface area (Å²) in [6.45, 7) is 6.04. The third kappa shape index (κ3) is 4.73. The molecule has 0 radical (unpaired) electrons. The van der Waals surface area contributed by atoms with E-state index in [0.717, 1.165) is 31.4 Å². The summed E-state index contributed by atoms with van der Waals surface area (Å²) in [5.74, 6) is 1.07. The van der Waals surface area contributed by atoms with Crippen molar-refractivity contribution in [3.63, 3.8) is 0 Å². The van der Waals surface area contributed by atoms with Crippen LogP contribution < -0.4 is 10.1 Å². The smallest absolute Gasteiger partial charge is 0.260 e. The number of carbonyl (C=O) groups is 1. The Bertz CT molecular complexity index is 493. The monoisotopic (exact) mass is 305 g/mol. The van der Waals surface area contributed by atoms with Gasteiger partial charge < -0.3 is 15.2 Å². The molecule has 1 atom stereocenters. The maximum atomic E-state index is 12.2. The summed E-state index contributed by atoms with van der Waals surface area (Å²) in [4.78, 5) is 12.2. The highest BCUT2D eigenvalue weighted by Crippen LogP contribution is 2.22. The van der Waals surface area contributed by atoms with E-state index in [2.05, 4.69) is 25.2 Å². The molecule has 122 valence electrons. The second-order valence-electron chi connectivity index (χ2n) is 6.50. The third-order valence-corrected chi connectivity index (χ3v) is 4.25. The fourth-order valence-electron chi connectivity index (χ4n) is 2.74. The van der Waals surface area contributed by atoms with Crippen LogP contribution in [-0.2, 0) is 4.79 Å². The van der Waals surface area contributed by atoms with Crippen LogP contribution in [0.2, 0.25) is 0 Å². The van der Waals surface area contributed by atoms with Gasteiger partial charge in [0.25, 0.3) is 5.91 Å². The molecule has 1 amide bonds. The Balaban J connectivity index is 1.87. The molecule has 1 aliphatic carbocycles. The maximum Gasteiger partial charge on any atom is 0.260 e. The number of ether oxygens (including phenoxy) is 1. The van der Waals surface area contributed by atoms with E-state index in [-0.39, 0.29) is 18.1 Å². The fraction of sp³-hybridized carbons (Fsp3) is 0.611. The summed E-state index contributed by atoms with van der Waals surface area (Å²) in [6.07, 6.45) is 2.47. The fourth-order valence-corrected chi connectivity index (χ4v) is 2.74. The maximum absolute atomic E-state index is 12.2. The lowest BCUT2D eigenvalue weighted by Crippen LogP contribution is -2.44. The molecule has 4 heteroatoms. The Morgan fingerprint density at radius 3 is 2.55 bits per heavy atom. The van der Waals surface area contributed by atoms with Crippen LogP contribution >= 0.6 is 0 Å². The van der Waals surface area contributed by atoms with Gasteiger partial charge in [-0.15, -0.1) is 0 Å². The van der Waals surface area contributed by atoms with Crippen molar-refractivity contribution >= 4 is 5.91 Å². The predicted molar refractivity (Wildman–Crippen MR) is 87.0 cm³/mol. The Morgan fingerprint density at radius 2 is 1.91 bits per heavy atom. The molecule has 1 aromatic carbocycles. The standard InChI is InChI=1S/C18H27NO3/c1-12(2)14-5-4-6-17(11-14)22-13(3)18(21)19-15-7-9-16(20)10-8-15/h4-6,11-13,15-16,20H,7-10H2,1-3H3,(H,19,21). The van der Waals surface area contributed by atoms with Crippen LogP contribution in [0.5, 0.6) is 5.75 Å². The highest BCUT2D eigenvalue weighted by molar-refractivity contribution is 5.81. The number of amides is 1. The van der Waals surface area contributed by atoms with E-state index in [0.29, 0.717) is 5.92 Å². The minimum absolute atomic E-state index is 0.0867. The molecular formula is C18H27NO3. The average Bonchev–Trinajstić information content (AvgIpc) is 2.49. The van der Waals surface area contributed by atoms with Crippen LogP contribution in [0.1, 0.15) is 57.9 Å². The number of benzene rings is 1. The van der Waals surface area contributed by atoms with Gasteiger partial charge in [-0.05, 0) is 56.2 Å². The van der Waals surface area contributed by atoms with Gasteiger partial charge in [0.15, 0.2) is 6.10 Å². The number of nitrogens with one attached hydrogen (secondary N) is 1. The second-order valence-corrected chi connectivity index (χ2v) is 6.50. The van der Waals surface area contributed by atoms with E-state index in [1.165, 1.54) is 5.56 Å². The number of rotatable bonds is 5. The molecule has 0 heterocycles. The Morgan fingerprint density at radius 1 is 1.23 bits per heavy atom. The van der Waals surface area contributed by atoms with Crippen LogP contribution in [0.3, 0.4) is 0 Å². The summed E-state index contributed by atoms with van der Waals surface area (Å²) < 4.78 is 5.77. The first kappa shape index (κ1) is 16.8. The van der Waals surface area contributed by atoms with Crippen molar-refractivity contribution < 1.29 is 14.6 Å². The van der Waals surface area contributed by atoms with Gasteiger partial charge in [-0.1, -0.05) is 26.0 Å². The summed E-state index contributed by atoms with van der Waals surface area (Å²) in [5, 5.41) is 12.5. The van der Waals surface area contributed by atoms with E-state index in [4.69, 9.17) is 4.74 Å². The third-order valence-electron chi connectivity index (χ3n) is 4.25. The van der Waals surface area contributed by atoms with Gasteiger partial charge in [-0.2, -0.15) is 0 Å². The van der Waals surface area contributed by atoms with Crippen molar-refractivity contribution in [2.24, 2.45) is 0 Å². The van der Waals surface area contributed by atoms with Gasteiger partial charge in [-0.25, -0.2) is 0 Å². The minimum atomic E-state index is -0.519. The van der Waals surface area contributed by atoms with E-state index >= 15 is 0 Å². The molecule has 1 aliphatic rings. The Hall–Kier alpha value is -1.55. The van der Waals surface area contributed by atoms with E-state index in [9.17, 15) is 9.90 Å². The van der Waals surface area contributed by atoms with Crippen molar-refractivity contribution in [2.45, 2.75) is 70.6 Å². The van der Waals surface area contributed by atoms with Crippen LogP contribution in [-0.4, -0.2) is 29.3 Å². The van der Waals surface area contributed by atoms with Crippen molar-refractivity contribution in [3.05, 3.63) is 29.8 Å². The molecule has 0 saturated heterocycles. The zero-order valence-electron chi connectivity index (χ0n) is 13.7. The van der Waals surface area contributed by atoms with Crippen LogP contribution in [0.4, 0.5) is 0 Å². The summed E-state index contributed by atoms with van der Waals surface area (Å²) >= 11 is 0. The quantitative estimate of drug-likeness (QED) is 0.879. The number of hydrogen-bond acceptors (Lipinski definition) is 3. The molecule has 1 unspecified atom stereocenters. The molecular weight excluding hydrogens is 278 g/mol. The van der Waals surface area contributed by atoms with Crippen molar-refractivity contribution in [3.8, 4) is 5.75 Å². The summed E-state index contributed by atoms with van der Waals surface area (Å²) in [6, 6.07) is 8.05. The van der Waals surface area contributed by atoms with Gasteiger partial charge in [0.2, 0.25) is 0 Å². The molecule has 0 spiro atoms. The molecule has 2 N–H and O–H groups in total. The first-order valence-electron chi connectivity index (χ1n) is 8.20. The Labute approximate surface area is 132 Å². The molecule has 0 aromatic heterocycles. The normalized spacial score (nSPS) is 23.1. The summed E-state index contributed by atoms with van der Waals surface area (Å²) in [5.41, 5.74) is 1.20. The lowest BCUT2D eigenvalue weighted by molar-refractivity contribution is -0.128. The Kier molecular flexibility index (Phi) is 5.83. The first-order chi connectivity index (χ1) is 10.5. The number of hydrogen-bond donors (Lipinski definition) is 2. The lowest BCUT2D eigenvalue weighted by Gasteiger charge is -2.27. The molecule has 0 bridgehead atoms. The largest absolute Gasteiger partial charge is 0.481 e. The molecule has 1 saturated carbocycles. The molecule has 0 aliphatic heterocycles. The average molecular weight is 305 g/mol. The molecule has 1 aromatic rings. The zero-order chi connectivity index (χ0) is 16.1. The van der Waals surface area contributed by atoms with Gasteiger partial charge in [0, 0.05) is 6.04 Å². The van der Waals surface area contributed by atoms with Crippen molar-refractivity contribution in [2.75, 3.05) is 0 Å². The number of carbonyl (C=O) groups excluding carboxylic acids is 1. The van der Waals surface area contributed by atoms with E-state index in [1.54, 1.807) is 6.92 Å². The highest BCUT2D eigenvalue weighted by atomic mass is 16.5. The molecule has 2 rings (SSSR count). The molecule has 4 nitrogen and oxygen atoms in total. The van der Waals surface area contributed by atoms with Crippen LogP contribution in [0, 0.1) is 0 Å². The second kappa shape index (κ2) is 7.63. The van der Waals surface area contributed by atoms with Gasteiger partial charge in [0.05, 0.1) is 6.10 Å². The predicted octanol–water partition coefficient (Wildman–Crippen LogP) is 3.00. The van der Waals surface area contributed by atoms with Gasteiger partial charge in [-0.3, -0.25) is 4.79 Å². The van der Waals surface area contributed by atoms with Crippen LogP contribution in [0.15, 0.2) is 24.3 Å². The minimum Gasteiger partial charge on any atom is -0.481 e. The van der Waals surface area contributed by atoms with E-state index < -0.39 is 6.10 Å². The topological polar surface area (TPSA) is 58.6 Å². The van der Waals surface area contributed by atoms with Gasteiger partial charge >= 0.3 is 0 Å². The molecule has 1 fully saturated rings. The summed E-state index contributed by atoms with van der Waals surface area (Å²) in [7, 11) is 0. The highest BCUT2D eigenvalue weighted by Gasteiger charge is 2.23. The van der Waals surface area contributed by atoms with Crippen LogP contribution in [0.25, 0.3) is 0 Å². The first-order valence-corrected chi connectivity index (χ1v) is 8.20. The zero-order valence-corrected chi connectivity index (χ0v) is 13.7. The van der Waals surface area contributed by atoms with Crippen molar-refractivity contribution in [1.29, 1.82) is 0 Å². The SMILES string of the molecule is CC(Oc1cccc(C(C)C)c1)C(=O)NC1CCC(O)CC1. The van der Waals surface area contributed by atoms with Gasteiger partial charge in [0.1, 0.15) is 5.75 Å².